The van der Waals surface area contributed by atoms with Crippen molar-refractivity contribution in [1.29, 1.82) is 0 Å². The van der Waals surface area contributed by atoms with E-state index in [0.29, 0.717) is 39.7 Å². The molecule has 3 aromatic carbocycles. The number of carbonyl (C=O) groups is 1. The lowest BCUT2D eigenvalue weighted by Gasteiger charge is -2.27. The van der Waals surface area contributed by atoms with Gasteiger partial charge in [0.25, 0.3) is 5.92 Å². The molecular weight excluding hydrogens is 536 g/mol. The van der Waals surface area contributed by atoms with E-state index in [-0.39, 0.29) is 29.2 Å². The van der Waals surface area contributed by atoms with E-state index < -0.39 is 23.6 Å². The monoisotopic (exact) mass is 562 g/mol. The van der Waals surface area contributed by atoms with Crippen LogP contribution in [0.25, 0.3) is 16.8 Å². The lowest BCUT2D eigenvalue weighted by molar-refractivity contribution is 0.0856. The lowest BCUT2D eigenvalue weighted by Crippen LogP contribution is -2.18. The van der Waals surface area contributed by atoms with Crippen LogP contribution >= 0.6 is 23.2 Å². The molecule has 0 radical (unpaired) electrons. The molecule has 0 spiro atoms. The number of alkyl halides is 2. The highest BCUT2D eigenvalue weighted by atomic mass is 35.5. The summed E-state index contributed by atoms with van der Waals surface area (Å²) < 4.78 is 48.2. The molecular formula is C29H27Cl2F3N2O2. The highest BCUT2D eigenvalue weighted by molar-refractivity contribution is 6.33. The molecule has 1 aliphatic rings. The Balaban J connectivity index is 1.80. The number of primary amides is 1. The van der Waals surface area contributed by atoms with Gasteiger partial charge in [0.05, 0.1) is 28.8 Å². The zero-order chi connectivity index (χ0) is 27.6. The molecule has 1 aliphatic carbocycles. The van der Waals surface area contributed by atoms with Gasteiger partial charge in [0, 0.05) is 35.3 Å². The summed E-state index contributed by atoms with van der Waals surface area (Å²) in [5, 5.41) is 0.614. The summed E-state index contributed by atoms with van der Waals surface area (Å²) in [6.45, 7) is 1.81. The average Bonchev–Trinajstić information content (AvgIpc) is 3.50. The Morgan fingerprint density at radius 3 is 2.53 bits per heavy atom. The number of hydrogen-bond donors (Lipinski definition) is 1. The molecule has 1 fully saturated rings. The predicted octanol–water partition coefficient (Wildman–Crippen LogP) is 8.21. The first kappa shape index (κ1) is 27.9. The standard InChI is InChI=1S/C29H27Cl2F3N2O2/c1-3-4-8-25(27-22(31)6-5-7-23(27)32)36(2)24-12-10-17(14-26(24)38-16-19-15-29(19,33)34)20-13-18(28(35)37)9-11-21(20)30/h5-14,19H,3-4,15-16H2,1-2H3,(H2,35,37)/b25-8+. The number of nitrogens with zero attached hydrogens (tertiary/aromatic N) is 1. The Kier molecular flexibility index (Phi) is 8.28. The van der Waals surface area contributed by atoms with Crippen LogP contribution in [0.4, 0.5) is 18.9 Å². The minimum absolute atomic E-state index is 0.194. The van der Waals surface area contributed by atoms with Gasteiger partial charge in [-0.2, -0.15) is 0 Å². The number of hydrogen-bond acceptors (Lipinski definition) is 3. The topological polar surface area (TPSA) is 55.6 Å². The van der Waals surface area contributed by atoms with Crippen LogP contribution in [-0.2, 0) is 0 Å². The van der Waals surface area contributed by atoms with Crippen molar-refractivity contribution in [2.75, 3.05) is 18.6 Å². The number of allylic oxidation sites excluding steroid dienone is 1. The quantitative estimate of drug-likeness (QED) is 0.271. The van der Waals surface area contributed by atoms with Crippen LogP contribution in [0.2, 0.25) is 10.0 Å². The first-order chi connectivity index (χ1) is 18.0. The number of ether oxygens (including phenoxy) is 1. The third kappa shape index (κ3) is 5.94. The van der Waals surface area contributed by atoms with Crippen molar-refractivity contribution >= 4 is 40.5 Å². The van der Waals surface area contributed by atoms with E-state index in [9.17, 15) is 18.0 Å². The summed E-state index contributed by atoms with van der Waals surface area (Å²) in [6.07, 6.45) is 3.11. The maximum atomic E-state index is 15.0. The number of unbranched alkanes of at least 4 members (excludes halogenated alkanes) is 1. The number of halogens is 5. The molecule has 1 unspecified atom stereocenters. The van der Waals surface area contributed by atoms with Crippen molar-refractivity contribution < 1.29 is 22.7 Å². The van der Waals surface area contributed by atoms with Crippen molar-refractivity contribution in [2.45, 2.75) is 32.1 Å². The maximum absolute atomic E-state index is 15.0. The Morgan fingerprint density at radius 1 is 1.16 bits per heavy atom. The minimum Gasteiger partial charge on any atom is -0.491 e. The first-order valence-electron chi connectivity index (χ1n) is 12.2. The van der Waals surface area contributed by atoms with Crippen LogP contribution in [0, 0.1) is 11.7 Å². The molecule has 0 saturated heterocycles. The predicted molar refractivity (Wildman–Crippen MR) is 147 cm³/mol. The fraction of sp³-hybridized carbons (Fsp3) is 0.276. The second-order valence-corrected chi connectivity index (χ2v) is 10.1. The number of amides is 1. The molecule has 1 amide bonds. The van der Waals surface area contributed by atoms with E-state index in [2.05, 4.69) is 0 Å². The number of benzene rings is 3. The zero-order valence-corrected chi connectivity index (χ0v) is 22.4. The van der Waals surface area contributed by atoms with Crippen molar-refractivity contribution in [1.82, 2.24) is 0 Å². The molecule has 2 N–H and O–H groups in total. The third-order valence-electron chi connectivity index (χ3n) is 6.49. The fourth-order valence-corrected chi connectivity index (χ4v) is 4.66. The van der Waals surface area contributed by atoms with Crippen molar-refractivity contribution in [3.05, 3.63) is 87.7 Å². The summed E-state index contributed by atoms with van der Waals surface area (Å²) >= 11 is 12.8. The van der Waals surface area contributed by atoms with Gasteiger partial charge < -0.3 is 15.4 Å². The highest BCUT2D eigenvalue weighted by Crippen LogP contribution is 2.49. The number of rotatable bonds is 10. The van der Waals surface area contributed by atoms with Crippen LogP contribution < -0.4 is 15.4 Å². The van der Waals surface area contributed by atoms with E-state index in [4.69, 9.17) is 33.7 Å². The van der Waals surface area contributed by atoms with Gasteiger partial charge in [-0.25, -0.2) is 13.2 Å². The number of anilines is 1. The van der Waals surface area contributed by atoms with Crippen molar-refractivity contribution in [3.63, 3.8) is 0 Å². The Morgan fingerprint density at radius 2 is 1.89 bits per heavy atom. The fourth-order valence-electron chi connectivity index (χ4n) is 4.17. The SMILES string of the molecule is CCC/C=C(\c1c(F)cccc1Cl)N(C)c1ccc(-c2cc(C(N)=O)ccc2Cl)cc1OCC1CC1(F)F. The van der Waals surface area contributed by atoms with E-state index in [0.717, 1.165) is 6.42 Å². The van der Waals surface area contributed by atoms with Crippen LogP contribution in [0.3, 0.4) is 0 Å². The molecule has 0 bridgehead atoms. The summed E-state index contributed by atoms with van der Waals surface area (Å²) in [7, 11) is 1.73. The second kappa shape index (κ2) is 11.3. The first-order valence-corrected chi connectivity index (χ1v) is 12.9. The number of nitrogens with two attached hydrogens (primary N) is 1. The Hall–Kier alpha value is -3.16. The maximum Gasteiger partial charge on any atom is 0.255 e. The summed E-state index contributed by atoms with van der Waals surface area (Å²) in [6, 6.07) is 14.3. The largest absolute Gasteiger partial charge is 0.491 e. The third-order valence-corrected chi connectivity index (χ3v) is 7.13. The highest BCUT2D eigenvalue weighted by Gasteiger charge is 2.57. The van der Waals surface area contributed by atoms with Gasteiger partial charge in [-0.3, -0.25) is 4.79 Å². The van der Waals surface area contributed by atoms with Crippen LogP contribution in [-0.4, -0.2) is 25.5 Å². The lowest BCUT2D eigenvalue weighted by atomic mass is 10.0. The Labute approximate surface area is 229 Å². The van der Waals surface area contributed by atoms with Gasteiger partial charge in [0.1, 0.15) is 11.6 Å². The van der Waals surface area contributed by atoms with Gasteiger partial charge in [0.15, 0.2) is 0 Å². The van der Waals surface area contributed by atoms with E-state index in [1.54, 1.807) is 48.3 Å². The molecule has 4 nitrogen and oxygen atoms in total. The smallest absolute Gasteiger partial charge is 0.255 e. The molecule has 200 valence electrons. The van der Waals surface area contributed by atoms with Gasteiger partial charge >= 0.3 is 0 Å². The molecule has 1 atom stereocenters. The molecule has 0 aromatic heterocycles. The summed E-state index contributed by atoms with van der Waals surface area (Å²) in [4.78, 5) is 13.5. The zero-order valence-electron chi connectivity index (χ0n) is 20.9. The summed E-state index contributed by atoms with van der Waals surface area (Å²) in [5.74, 6) is -4.45. The molecule has 0 aliphatic heterocycles. The van der Waals surface area contributed by atoms with Crippen LogP contribution in [0.1, 0.15) is 42.1 Å². The molecule has 0 heterocycles. The molecule has 38 heavy (non-hydrogen) atoms. The normalized spacial score (nSPS) is 16.3. The van der Waals surface area contributed by atoms with Gasteiger partial charge in [-0.05, 0) is 54.4 Å². The van der Waals surface area contributed by atoms with Gasteiger partial charge in [-0.15, -0.1) is 0 Å². The Bertz CT molecular complexity index is 1370. The minimum atomic E-state index is -2.75. The van der Waals surface area contributed by atoms with Crippen LogP contribution in [0.5, 0.6) is 5.75 Å². The molecule has 4 rings (SSSR count). The summed E-state index contributed by atoms with van der Waals surface area (Å²) in [5.41, 5.74) is 8.08. The molecule has 9 heteroatoms. The van der Waals surface area contributed by atoms with Gasteiger partial charge in [0.2, 0.25) is 5.91 Å². The van der Waals surface area contributed by atoms with Crippen molar-refractivity contribution in [3.8, 4) is 16.9 Å². The van der Waals surface area contributed by atoms with Crippen molar-refractivity contribution in [2.24, 2.45) is 11.7 Å². The van der Waals surface area contributed by atoms with Gasteiger partial charge in [-0.1, -0.05) is 54.8 Å². The average molecular weight is 563 g/mol. The molecule has 3 aromatic rings. The van der Waals surface area contributed by atoms with Crippen LogP contribution in [0.15, 0.2) is 60.7 Å². The van der Waals surface area contributed by atoms with E-state index in [1.165, 1.54) is 18.2 Å². The number of carbonyl (C=O) groups excluding carboxylic acids is 1. The second-order valence-electron chi connectivity index (χ2n) is 9.25. The molecule has 1 saturated carbocycles. The van der Waals surface area contributed by atoms with E-state index in [1.807, 2.05) is 13.0 Å². The van der Waals surface area contributed by atoms with E-state index >= 15 is 0 Å².